The monoisotopic (exact) mass is 443 g/mol. The molecule has 6 nitrogen and oxygen atoms in total. The van der Waals surface area contributed by atoms with Crippen LogP contribution >= 0.6 is 0 Å². The second-order valence-corrected chi connectivity index (χ2v) is 7.10. The number of Topliss-reactive ketones (excluding diaryl/α,β-unsaturated/α-hetero) is 1. The molecule has 7 heteroatoms. The number of benzene rings is 2. The van der Waals surface area contributed by atoms with Crippen molar-refractivity contribution in [3.8, 4) is 0 Å². The summed E-state index contributed by atoms with van der Waals surface area (Å²) in [5, 5.41) is 15.6. The lowest BCUT2D eigenvalue weighted by Gasteiger charge is -2.20. The highest BCUT2D eigenvalue weighted by molar-refractivity contribution is 5.95. The highest BCUT2D eigenvalue weighted by Crippen LogP contribution is 2.11. The van der Waals surface area contributed by atoms with Gasteiger partial charge in [0.15, 0.2) is 5.78 Å². The third-order valence-electron chi connectivity index (χ3n) is 4.61. The van der Waals surface area contributed by atoms with Crippen LogP contribution in [0.2, 0.25) is 0 Å². The van der Waals surface area contributed by atoms with Crippen molar-refractivity contribution in [1.82, 2.24) is 4.90 Å². The zero-order valence-corrected chi connectivity index (χ0v) is 18.2. The zero-order chi connectivity index (χ0) is 23.8. The molecule has 0 aromatic heterocycles. The Kier molecular flexibility index (Phi) is 12.9. The van der Waals surface area contributed by atoms with Gasteiger partial charge in [0.05, 0.1) is 0 Å². The molecule has 0 heterocycles. The molecule has 2 rings (SSSR count). The van der Waals surface area contributed by atoms with Crippen LogP contribution in [0.4, 0.5) is 4.39 Å². The number of halogens is 1. The average molecular weight is 444 g/mol. The van der Waals surface area contributed by atoms with Crippen LogP contribution in [0.5, 0.6) is 0 Å². The second-order valence-electron chi connectivity index (χ2n) is 7.10. The number of hydrogen-bond donors (Lipinski definition) is 2. The number of carboxylic acid groups (broad SMARTS) is 2. The molecule has 0 amide bonds. The van der Waals surface area contributed by atoms with E-state index < -0.39 is 11.9 Å². The van der Waals surface area contributed by atoms with Gasteiger partial charge in [-0.25, -0.2) is 14.0 Å². The Morgan fingerprint density at radius 3 is 2.00 bits per heavy atom. The van der Waals surface area contributed by atoms with Gasteiger partial charge in [-0.1, -0.05) is 43.7 Å². The lowest BCUT2D eigenvalue weighted by atomic mass is 10.0. The van der Waals surface area contributed by atoms with E-state index in [1.165, 1.54) is 17.7 Å². The van der Waals surface area contributed by atoms with Gasteiger partial charge in [-0.2, -0.15) is 0 Å². The molecule has 0 aliphatic rings. The molecule has 0 saturated carbocycles. The molecule has 2 aromatic carbocycles. The maximum absolute atomic E-state index is 12.9. The fourth-order valence-electron chi connectivity index (χ4n) is 2.91. The highest BCUT2D eigenvalue weighted by atomic mass is 19.1. The number of ketones is 1. The first kappa shape index (κ1) is 26.7. The van der Waals surface area contributed by atoms with Crippen LogP contribution in [-0.4, -0.2) is 45.9 Å². The number of carbonyl (C=O) groups is 3. The van der Waals surface area contributed by atoms with Crippen LogP contribution in [-0.2, 0) is 16.1 Å². The smallest absolute Gasteiger partial charge is 0.328 e. The number of carboxylic acids is 2. The Labute approximate surface area is 188 Å². The first-order chi connectivity index (χ1) is 15.3. The van der Waals surface area contributed by atoms with Crippen LogP contribution in [0.25, 0.3) is 0 Å². The maximum Gasteiger partial charge on any atom is 0.328 e. The molecular weight excluding hydrogens is 413 g/mol. The Balaban J connectivity index is 0.000000547. The van der Waals surface area contributed by atoms with Gasteiger partial charge in [-0.05, 0) is 55.8 Å². The molecular formula is C25H30FNO5. The molecule has 0 atom stereocenters. The van der Waals surface area contributed by atoms with Gasteiger partial charge in [0.1, 0.15) is 5.82 Å². The number of carbonyl (C=O) groups excluding carboxylic acids is 1. The van der Waals surface area contributed by atoms with Gasteiger partial charge in [-0.3, -0.25) is 9.69 Å². The first-order valence-corrected chi connectivity index (χ1v) is 10.5. The summed E-state index contributed by atoms with van der Waals surface area (Å²) in [6, 6.07) is 16.3. The first-order valence-electron chi connectivity index (χ1n) is 10.5. The van der Waals surface area contributed by atoms with E-state index in [4.69, 9.17) is 10.2 Å². The van der Waals surface area contributed by atoms with Gasteiger partial charge < -0.3 is 10.2 Å². The number of aliphatic carboxylic acids is 2. The molecule has 0 radical (unpaired) electrons. The highest BCUT2D eigenvalue weighted by Gasteiger charge is 2.07. The van der Waals surface area contributed by atoms with Gasteiger partial charge >= 0.3 is 11.9 Å². The van der Waals surface area contributed by atoms with E-state index in [1.54, 1.807) is 12.1 Å². The van der Waals surface area contributed by atoms with Crippen molar-refractivity contribution < 1.29 is 29.0 Å². The van der Waals surface area contributed by atoms with E-state index in [0.29, 0.717) is 24.1 Å². The van der Waals surface area contributed by atoms with E-state index in [1.807, 2.05) is 6.07 Å². The maximum atomic E-state index is 12.9. The lowest BCUT2D eigenvalue weighted by molar-refractivity contribution is -0.134. The molecule has 0 aliphatic carbocycles. The fraction of sp³-hybridized carbons (Fsp3) is 0.320. The van der Waals surface area contributed by atoms with Crippen LogP contribution < -0.4 is 0 Å². The summed E-state index contributed by atoms with van der Waals surface area (Å²) in [7, 11) is 0. The number of nitrogens with zero attached hydrogens (tertiary/aromatic N) is 1. The van der Waals surface area contributed by atoms with Crippen molar-refractivity contribution in [2.75, 3.05) is 13.1 Å². The van der Waals surface area contributed by atoms with Crippen LogP contribution in [0, 0.1) is 5.82 Å². The minimum absolute atomic E-state index is 0.103. The summed E-state index contributed by atoms with van der Waals surface area (Å²) in [6.07, 6.45) is 4.68. The van der Waals surface area contributed by atoms with Crippen LogP contribution in [0.1, 0.15) is 48.5 Å². The molecule has 0 saturated heterocycles. The normalized spacial score (nSPS) is 10.6. The predicted octanol–water partition coefficient (Wildman–Crippen LogP) is 4.80. The van der Waals surface area contributed by atoms with Gasteiger partial charge in [0.25, 0.3) is 0 Å². The van der Waals surface area contributed by atoms with Crippen LogP contribution in [0.15, 0.2) is 66.7 Å². The molecule has 2 aromatic rings. The summed E-state index contributed by atoms with van der Waals surface area (Å²) in [5.74, 6) is -2.71. The van der Waals surface area contributed by atoms with Crippen molar-refractivity contribution in [3.63, 3.8) is 0 Å². The lowest BCUT2D eigenvalue weighted by Crippen LogP contribution is -2.24. The predicted molar refractivity (Wildman–Crippen MR) is 121 cm³/mol. The minimum Gasteiger partial charge on any atom is -0.478 e. The van der Waals surface area contributed by atoms with Gasteiger partial charge in [-0.15, -0.1) is 0 Å². The minimum atomic E-state index is -1.26. The van der Waals surface area contributed by atoms with Gasteiger partial charge in [0.2, 0.25) is 0 Å². The summed E-state index contributed by atoms with van der Waals surface area (Å²) in [4.78, 5) is 33.6. The molecule has 0 fully saturated rings. The Hall–Kier alpha value is -3.32. The topological polar surface area (TPSA) is 94.9 Å². The third-order valence-corrected chi connectivity index (χ3v) is 4.61. The SMILES string of the molecule is CCN(CCCCCC(=O)c1ccc(F)cc1)Cc1ccccc1.O=C(O)C=CC(=O)O. The molecule has 0 aliphatic heterocycles. The summed E-state index contributed by atoms with van der Waals surface area (Å²) in [5.41, 5.74) is 1.95. The van der Waals surface area contributed by atoms with E-state index in [-0.39, 0.29) is 11.6 Å². The van der Waals surface area contributed by atoms with Gasteiger partial charge in [0, 0.05) is 30.7 Å². The average Bonchev–Trinajstić information content (AvgIpc) is 2.78. The van der Waals surface area contributed by atoms with Crippen molar-refractivity contribution in [2.24, 2.45) is 0 Å². The quantitative estimate of drug-likeness (QED) is 0.278. The Morgan fingerprint density at radius 1 is 0.875 bits per heavy atom. The summed E-state index contributed by atoms with van der Waals surface area (Å²) < 4.78 is 12.9. The number of rotatable bonds is 12. The largest absolute Gasteiger partial charge is 0.478 e. The molecule has 172 valence electrons. The molecule has 2 N–H and O–H groups in total. The molecule has 32 heavy (non-hydrogen) atoms. The van der Waals surface area contributed by atoms with E-state index in [2.05, 4.69) is 36.1 Å². The third kappa shape index (κ3) is 12.4. The van der Waals surface area contributed by atoms with E-state index in [9.17, 15) is 18.8 Å². The zero-order valence-electron chi connectivity index (χ0n) is 18.2. The van der Waals surface area contributed by atoms with Crippen LogP contribution in [0.3, 0.4) is 0 Å². The summed E-state index contributed by atoms with van der Waals surface area (Å²) >= 11 is 0. The standard InChI is InChI=1S/C21H26FNO.C4H4O4/c1-2-23(17-18-9-5-3-6-10-18)16-8-4-7-11-21(24)19-12-14-20(22)15-13-19;5-3(6)1-2-4(7)8/h3,5-6,9-10,12-15H,2,4,7-8,11,16-17H2,1H3;1-2H,(H,5,6)(H,7,8). The van der Waals surface area contributed by atoms with E-state index >= 15 is 0 Å². The summed E-state index contributed by atoms with van der Waals surface area (Å²) in [6.45, 7) is 5.24. The van der Waals surface area contributed by atoms with Crippen molar-refractivity contribution >= 4 is 17.7 Å². The Bertz CT molecular complexity index is 850. The molecule has 0 spiro atoms. The van der Waals surface area contributed by atoms with Crippen molar-refractivity contribution in [2.45, 2.75) is 39.2 Å². The van der Waals surface area contributed by atoms with Crippen molar-refractivity contribution in [3.05, 3.63) is 83.7 Å². The second kappa shape index (κ2) is 15.5. The number of hydrogen-bond acceptors (Lipinski definition) is 4. The Morgan fingerprint density at radius 2 is 1.47 bits per heavy atom. The number of unbranched alkanes of at least 4 members (excludes halogenated alkanes) is 2. The molecule has 0 bridgehead atoms. The fourth-order valence-corrected chi connectivity index (χ4v) is 2.91. The molecule has 0 unspecified atom stereocenters. The van der Waals surface area contributed by atoms with Crippen molar-refractivity contribution in [1.29, 1.82) is 0 Å². The van der Waals surface area contributed by atoms with E-state index in [0.717, 1.165) is 38.9 Å².